The van der Waals surface area contributed by atoms with Crippen molar-refractivity contribution in [3.05, 3.63) is 34.9 Å². The number of rotatable bonds is 4. The monoisotopic (exact) mass is 239 g/mol. The molecule has 1 aromatic carbocycles. The van der Waals surface area contributed by atoms with Gasteiger partial charge < -0.3 is 10.5 Å². The number of hydrogen-bond donors (Lipinski definition) is 1. The third-order valence-electron chi connectivity index (χ3n) is 3.05. The second-order valence-corrected chi connectivity index (χ2v) is 4.96. The molecule has 1 aliphatic carbocycles. The van der Waals surface area contributed by atoms with Crippen molar-refractivity contribution in [3.63, 3.8) is 0 Å². The van der Waals surface area contributed by atoms with Gasteiger partial charge in [-0.3, -0.25) is 0 Å². The third-order valence-corrected chi connectivity index (χ3v) is 3.28. The normalized spacial score (nSPS) is 20.2. The second-order valence-electron chi connectivity index (χ2n) is 4.52. The Kier molecular flexibility index (Phi) is 3.85. The van der Waals surface area contributed by atoms with Crippen LogP contribution in [0.2, 0.25) is 5.02 Å². The second kappa shape index (κ2) is 5.17. The van der Waals surface area contributed by atoms with Gasteiger partial charge in [0.15, 0.2) is 0 Å². The Morgan fingerprint density at radius 3 is 2.69 bits per heavy atom. The van der Waals surface area contributed by atoms with E-state index in [0.29, 0.717) is 6.10 Å². The third kappa shape index (κ3) is 2.76. The van der Waals surface area contributed by atoms with Crippen LogP contribution in [0.25, 0.3) is 0 Å². The first-order valence-electron chi connectivity index (χ1n) is 5.83. The summed E-state index contributed by atoms with van der Waals surface area (Å²) < 4.78 is 6.01. The van der Waals surface area contributed by atoms with Gasteiger partial charge in [-0.1, -0.05) is 23.7 Å². The Hall–Kier alpha value is -0.570. The molecule has 3 heteroatoms. The molecular weight excluding hydrogens is 222 g/mol. The Bertz CT molecular complexity index is 350. The highest BCUT2D eigenvalue weighted by Crippen LogP contribution is 2.31. The SMILES string of the molecule is CC(N)C(OC1CCC1)c1cccc(Cl)c1. The van der Waals surface area contributed by atoms with E-state index in [4.69, 9.17) is 22.1 Å². The molecule has 1 fully saturated rings. The van der Waals surface area contributed by atoms with Gasteiger partial charge in [-0.2, -0.15) is 0 Å². The zero-order chi connectivity index (χ0) is 11.5. The van der Waals surface area contributed by atoms with Crippen LogP contribution in [0.3, 0.4) is 0 Å². The van der Waals surface area contributed by atoms with Crippen molar-refractivity contribution in [2.24, 2.45) is 5.73 Å². The highest BCUT2D eigenvalue weighted by atomic mass is 35.5. The summed E-state index contributed by atoms with van der Waals surface area (Å²) in [5.41, 5.74) is 7.06. The van der Waals surface area contributed by atoms with Crippen LogP contribution in [0.15, 0.2) is 24.3 Å². The van der Waals surface area contributed by atoms with Crippen molar-refractivity contribution in [1.82, 2.24) is 0 Å². The molecule has 2 nitrogen and oxygen atoms in total. The molecule has 0 spiro atoms. The predicted molar refractivity (Wildman–Crippen MR) is 66.6 cm³/mol. The molecule has 1 aliphatic rings. The molecule has 16 heavy (non-hydrogen) atoms. The lowest BCUT2D eigenvalue weighted by molar-refractivity contribution is -0.0611. The summed E-state index contributed by atoms with van der Waals surface area (Å²) in [6.07, 6.45) is 3.93. The molecule has 0 amide bonds. The summed E-state index contributed by atoms with van der Waals surface area (Å²) in [7, 11) is 0. The molecule has 0 radical (unpaired) electrons. The molecule has 0 aliphatic heterocycles. The van der Waals surface area contributed by atoms with Crippen molar-refractivity contribution in [1.29, 1.82) is 0 Å². The lowest BCUT2D eigenvalue weighted by Crippen LogP contribution is -2.33. The van der Waals surface area contributed by atoms with Crippen LogP contribution in [-0.4, -0.2) is 12.1 Å². The van der Waals surface area contributed by atoms with E-state index in [1.165, 1.54) is 6.42 Å². The Morgan fingerprint density at radius 1 is 1.44 bits per heavy atom. The molecule has 0 aromatic heterocycles. The van der Waals surface area contributed by atoms with Crippen LogP contribution in [0.4, 0.5) is 0 Å². The van der Waals surface area contributed by atoms with E-state index in [9.17, 15) is 0 Å². The maximum atomic E-state index is 6.01. The molecule has 1 saturated carbocycles. The summed E-state index contributed by atoms with van der Waals surface area (Å²) in [6, 6.07) is 7.76. The minimum absolute atomic E-state index is 0.0148. The first-order valence-corrected chi connectivity index (χ1v) is 6.21. The molecule has 2 atom stereocenters. The molecule has 1 aromatic rings. The van der Waals surface area contributed by atoms with Gasteiger partial charge in [0.05, 0.1) is 12.2 Å². The average molecular weight is 240 g/mol. The van der Waals surface area contributed by atoms with Crippen molar-refractivity contribution >= 4 is 11.6 Å². The summed E-state index contributed by atoms with van der Waals surface area (Å²) in [6.45, 7) is 1.98. The lowest BCUT2D eigenvalue weighted by atomic mass is 9.95. The Morgan fingerprint density at radius 2 is 2.19 bits per heavy atom. The average Bonchev–Trinajstić information content (AvgIpc) is 2.15. The topological polar surface area (TPSA) is 35.2 Å². The van der Waals surface area contributed by atoms with Crippen molar-refractivity contribution in [2.75, 3.05) is 0 Å². The van der Waals surface area contributed by atoms with Crippen LogP contribution < -0.4 is 5.73 Å². The zero-order valence-corrected chi connectivity index (χ0v) is 10.3. The molecule has 0 heterocycles. The maximum absolute atomic E-state index is 6.01. The van der Waals surface area contributed by atoms with Gasteiger partial charge in [0.25, 0.3) is 0 Å². The Balaban J connectivity index is 2.11. The van der Waals surface area contributed by atoms with E-state index < -0.39 is 0 Å². The van der Waals surface area contributed by atoms with Crippen LogP contribution in [0.5, 0.6) is 0 Å². The largest absolute Gasteiger partial charge is 0.369 e. The van der Waals surface area contributed by atoms with Gasteiger partial charge in [0.1, 0.15) is 0 Å². The number of ether oxygens (including phenoxy) is 1. The van der Waals surface area contributed by atoms with E-state index in [1.54, 1.807) is 0 Å². The number of hydrogen-bond acceptors (Lipinski definition) is 2. The molecule has 0 bridgehead atoms. The quantitative estimate of drug-likeness (QED) is 0.875. The molecule has 2 rings (SSSR count). The summed E-state index contributed by atoms with van der Waals surface area (Å²) in [4.78, 5) is 0. The van der Waals surface area contributed by atoms with Crippen LogP contribution >= 0.6 is 11.6 Å². The van der Waals surface area contributed by atoms with Gasteiger partial charge in [-0.05, 0) is 43.9 Å². The minimum Gasteiger partial charge on any atom is -0.369 e. The van der Waals surface area contributed by atoms with E-state index >= 15 is 0 Å². The van der Waals surface area contributed by atoms with E-state index in [2.05, 4.69) is 0 Å². The Labute approximate surface area is 102 Å². The maximum Gasteiger partial charge on any atom is 0.0977 e. The van der Waals surface area contributed by atoms with E-state index in [1.807, 2.05) is 31.2 Å². The van der Waals surface area contributed by atoms with Gasteiger partial charge in [0.2, 0.25) is 0 Å². The first-order chi connectivity index (χ1) is 7.66. The molecule has 2 N–H and O–H groups in total. The van der Waals surface area contributed by atoms with Crippen molar-refractivity contribution in [2.45, 2.75) is 44.4 Å². The smallest absolute Gasteiger partial charge is 0.0977 e. The first kappa shape index (κ1) is 11.9. The highest BCUT2D eigenvalue weighted by Gasteiger charge is 2.25. The fourth-order valence-electron chi connectivity index (χ4n) is 1.90. The van der Waals surface area contributed by atoms with Crippen LogP contribution in [-0.2, 0) is 4.74 Å². The predicted octanol–water partition coefficient (Wildman–Crippen LogP) is 3.30. The molecule has 88 valence electrons. The zero-order valence-electron chi connectivity index (χ0n) is 9.53. The fraction of sp³-hybridized carbons (Fsp3) is 0.538. The van der Waals surface area contributed by atoms with Crippen LogP contribution in [0.1, 0.15) is 37.9 Å². The van der Waals surface area contributed by atoms with Crippen LogP contribution in [0, 0.1) is 0 Å². The van der Waals surface area contributed by atoms with Gasteiger partial charge in [-0.15, -0.1) is 0 Å². The van der Waals surface area contributed by atoms with Gasteiger partial charge in [0, 0.05) is 11.1 Å². The van der Waals surface area contributed by atoms with Gasteiger partial charge >= 0.3 is 0 Å². The lowest BCUT2D eigenvalue weighted by Gasteiger charge is -2.32. The highest BCUT2D eigenvalue weighted by molar-refractivity contribution is 6.30. The molecular formula is C13H18ClNO. The summed E-state index contributed by atoms with van der Waals surface area (Å²) in [5, 5.41) is 0.736. The van der Waals surface area contributed by atoms with Crippen molar-refractivity contribution < 1.29 is 4.74 Å². The summed E-state index contributed by atoms with van der Waals surface area (Å²) in [5.74, 6) is 0. The van der Waals surface area contributed by atoms with Gasteiger partial charge in [-0.25, -0.2) is 0 Å². The van der Waals surface area contributed by atoms with E-state index in [-0.39, 0.29) is 12.1 Å². The fourth-order valence-corrected chi connectivity index (χ4v) is 2.10. The minimum atomic E-state index is -0.0380. The number of halogens is 1. The molecule has 2 unspecified atom stereocenters. The standard InChI is InChI=1S/C13H18ClNO/c1-9(15)13(16-12-6-3-7-12)10-4-2-5-11(14)8-10/h2,4-5,8-9,12-13H,3,6-7,15H2,1H3. The van der Waals surface area contributed by atoms with Crippen molar-refractivity contribution in [3.8, 4) is 0 Å². The molecule has 0 saturated heterocycles. The number of benzene rings is 1. The van der Waals surface area contributed by atoms with E-state index in [0.717, 1.165) is 23.4 Å². The number of nitrogens with two attached hydrogens (primary N) is 1. The summed E-state index contributed by atoms with van der Waals surface area (Å²) >= 11 is 5.98.